The third-order valence-electron chi connectivity index (χ3n) is 2.99. The third kappa shape index (κ3) is 4.49. The molecule has 0 spiro atoms. The summed E-state index contributed by atoms with van der Waals surface area (Å²) >= 11 is 0. The minimum atomic E-state index is -3.68. The van der Waals surface area contributed by atoms with E-state index in [0.29, 0.717) is 24.5 Å². The van der Waals surface area contributed by atoms with Crippen LogP contribution in [0.3, 0.4) is 0 Å². The second-order valence-corrected chi connectivity index (χ2v) is 5.94. The first-order valence-electron chi connectivity index (χ1n) is 6.12. The maximum absolute atomic E-state index is 11.4. The highest BCUT2D eigenvalue weighted by atomic mass is 32.2. The molecule has 0 unspecified atom stereocenters. The van der Waals surface area contributed by atoms with Gasteiger partial charge in [-0.05, 0) is 49.9 Å². The zero-order valence-electron chi connectivity index (χ0n) is 11.6. The van der Waals surface area contributed by atoms with Crippen LogP contribution in [0.15, 0.2) is 17.0 Å². The average molecular weight is 287 g/mol. The van der Waals surface area contributed by atoms with E-state index in [-0.39, 0.29) is 4.90 Å². The van der Waals surface area contributed by atoms with Crippen LogP contribution in [0, 0.1) is 13.8 Å². The Hall–Kier alpha value is -1.11. The number of benzene rings is 1. The van der Waals surface area contributed by atoms with Gasteiger partial charge in [0.05, 0.1) is 11.5 Å². The lowest BCUT2D eigenvalue weighted by Gasteiger charge is -2.13. The maximum Gasteiger partial charge on any atom is 0.238 e. The Kier molecular flexibility index (Phi) is 5.78. The lowest BCUT2D eigenvalue weighted by molar-refractivity contribution is 0.184. The van der Waals surface area contributed by atoms with Gasteiger partial charge in [0.2, 0.25) is 10.0 Å². The molecule has 5 nitrogen and oxygen atoms in total. The van der Waals surface area contributed by atoms with Crippen molar-refractivity contribution in [3.8, 4) is 5.75 Å². The summed E-state index contributed by atoms with van der Waals surface area (Å²) in [4.78, 5) is 0.150. The van der Waals surface area contributed by atoms with Crippen molar-refractivity contribution in [2.24, 2.45) is 5.14 Å². The normalized spacial score (nSPS) is 11.6. The number of hydrogen-bond donors (Lipinski definition) is 1. The van der Waals surface area contributed by atoms with E-state index in [2.05, 4.69) is 0 Å². The van der Waals surface area contributed by atoms with Gasteiger partial charge in [0, 0.05) is 13.7 Å². The number of nitrogens with two attached hydrogens (primary N) is 1. The van der Waals surface area contributed by atoms with E-state index in [9.17, 15) is 8.42 Å². The number of ether oxygens (including phenoxy) is 2. The molecule has 19 heavy (non-hydrogen) atoms. The molecule has 6 heteroatoms. The van der Waals surface area contributed by atoms with Gasteiger partial charge in [-0.1, -0.05) is 0 Å². The van der Waals surface area contributed by atoms with Crippen LogP contribution in [0.4, 0.5) is 0 Å². The molecule has 0 aromatic heterocycles. The van der Waals surface area contributed by atoms with Gasteiger partial charge >= 0.3 is 0 Å². The first kappa shape index (κ1) is 15.9. The lowest BCUT2D eigenvalue weighted by Crippen LogP contribution is -2.14. The molecular weight excluding hydrogens is 266 g/mol. The van der Waals surface area contributed by atoms with E-state index >= 15 is 0 Å². The van der Waals surface area contributed by atoms with Crippen molar-refractivity contribution in [3.05, 3.63) is 23.3 Å². The van der Waals surface area contributed by atoms with Crippen molar-refractivity contribution < 1.29 is 17.9 Å². The van der Waals surface area contributed by atoms with E-state index in [1.807, 2.05) is 6.92 Å². The molecule has 0 radical (unpaired) electrons. The Balaban J connectivity index is 2.75. The Labute approximate surface area is 114 Å². The highest BCUT2D eigenvalue weighted by Gasteiger charge is 2.15. The van der Waals surface area contributed by atoms with Gasteiger partial charge in [0.25, 0.3) is 0 Å². The predicted molar refractivity (Wildman–Crippen MR) is 73.9 cm³/mol. The topological polar surface area (TPSA) is 78.6 Å². The fourth-order valence-electron chi connectivity index (χ4n) is 1.77. The molecule has 2 N–H and O–H groups in total. The van der Waals surface area contributed by atoms with Crippen molar-refractivity contribution in [2.45, 2.75) is 31.6 Å². The van der Waals surface area contributed by atoms with Crippen molar-refractivity contribution in [1.29, 1.82) is 0 Å². The number of rotatable bonds is 7. The highest BCUT2D eigenvalue weighted by Crippen LogP contribution is 2.26. The molecule has 108 valence electrons. The zero-order chi connectivity index (χ0) is 14.5. The van der Waals surface area contributed by atoms with Gasteiger partial charge < -0.3 is 9.47 Å². The molecule has 0 fully saturated rings. The summed E-state index contributed by atoms with van der Waals surface area (Å²) in [6, 6.07) is 3.14. The van der Waals surface area contributed by atoms with Crippen LogP contribution in [0.1, 0.15) is 24.0 Å². The number of hydrogen-bond acceptors (Lipinski definition) is 4. The largest absolute Gasteiger partial charge is 0.493 e. The molecule has 0 bridgehead atoms. The molecule has 0 heterocycles. The molecule has 0 aliphatic rings. The third-order valence-corrected chi connectivity index (χ3v) is 4.05. The van der Waals surface area contributed by atoms with Gasteiger partial charge in [0.15, 0.2) is 0 Å². The highest BCUT2D eigenvalue weighted by molar-refractivity contribution is 7.89. The first-order valence-corrected chi connectivity index (χ1v) is 7.67. The van der Waals surface area contributed by atoms with Crippen LogP contribution in [0.2, 0.25) is 0 Å². The van der Waals surface area contributed by atoms with Gasteiger partial charge in [-0.15, -0.1) is 0 Å². The van der Waals surface area contributed by atoms with Crippen molar-refractivity contribution in [3.63, 3.8) is 0 Å². The molecule has 0 saturated heterocycles. The fraction of sp³-hybridized carbons (Fsp3) is 0.538. The molecule has 0 amide bonds. The smallest absolute Gasteiger partial charge is 0.238 e. The minimum absolute atomic E-state index is 0.150. The summed E-state index contributed by atoms with van der Waals surface area (Å²) in [7, 11) is -2.01. The Morgan fingerprint density at radius 1 is 1.11 bits per heavy atom. The molecule has 0 saturated carbocycles. The van der Waals surface area contributed by atoms with E-state index < -0.39 is 10.0 Å². The van der Waals surface area contributed by atoms with Gasteiger partial charge in [-0.25, -0.2) is 13.6 Å². The van der Waals surface area contributed by atoms with Crippen LogP contribution in [0.5, 0.6) is 5.75 Å². The minimum Gasteiger partial charge on any atom is -0.493 e. The predicted octanol–water partition coefficient (Wildman–Crippen LogP) is 1.76. The first-order chi connectivity index (χ1) is 8.88. The Bertz CT molecular complexity index is 526. The van der Waals surface area contributed by atoms with E-state index in [1.165, 1.54) is 6.07 Å². The van der Waals surface area contributed by atoms with Gasteiger partial charge in [-0.3, -0.25) is 0 Å². The standard InChI is InChI=1S/C13H21NO4S/c1-10-11(2)13(19(14,15)16)7-6-12(10)18-9-5-4-8-17-3/h6-7H,4-5,8-9H2,1-3H3,(H2,14,15,16). The second-order valence-electron chi connectivity index (χ2n) is 4.41. The summed E-state index contributed by atoms with van der Waals surface area (Å²) in [6.45, 7) is 4.85. The quantitative estimate of drug-likeness (QED) is 0.775. The van der Waals surface area contributed by atoms with Crippen molar-refractivity contribution in [1.82, 2.24) is 0 Å². The molecule has 0 aliphatic carbocycles. The average Bonchev–Trinajstić information content (AvgIpc) is 2.32. The number of methoxy groups -OCH3 is 1. The van der Waals surface area contributed by atoms with Crippen LogP contribution in [-0.2, 0) is 14.8 Å². The summed E-state index contributed by atoms with van der Waals surface area (Å²) in [5.41, 5.74) is 1.44. The number of primary sulfonamides is 1. The maximum atomic E-state index is 11.4. The zero-order valence-corrected chi connectivity index (χ0v) is 12.4. The summed E-state index contributed by atoms with van der Waals surface area (Å²) in [5, 5.41) is 5.15. The Morgan fingerprint density at radius 3 is 2.32 bits per heavy atom. The van der Waals surface area contributed by atoms with Gasteiger partial charge in [-0.2, -0.15) is 0 Å². The van der Waals surface area contributed by atoms with Crippen molar-refractivity contribution >= 4 is 10.0 Å². The lowest BCUT2D eigenvalue weighted by atomic mass is 10.1. The summed E-state index contributed by atoms with van der Waals surface area (Å²) in [5.74, 6) is 0.697. The van der Waals surface area contributed by atoms with Gasteiger partial charge in [0.1, 0.15) is 5.75 Å². The molecule has 1 aromatic carbocycles. The Morgan fingerprint density at radius 2 is 1.74 bits per heavy atom. The van der Waals surface area contributed by atoms with Crippen LogP contribution < -0.4 is 9.88 Å². The molecule has 1 aromatic rings. The number of sulfonamides is 1. The molecular formula is C13H21NO4S. The summed E-state index contributed by atoms with van der Waals surface area (Å²) in [6.07, 6.45) is 1.83. The van der Waals surface area contributed by atoms with E-state index in [0.717, 1.165) is 18.4 Å². The van der Waals surface area contributed by atoms with Crippen molar-refractivity contribution in [2.75, 3.05) is 20.3 Å². The second kappa shape index (κ2) is 6.88. The molecule has 0 aliphatic heterocycles. The van der Waals surface area contributed by atoms with E-state index in [4.69, 9.17) is 14.6 Å². The molecule has 0 atom stereocenters. The molecule has 1 rings (SSSR count). The van der Waals surface area contributed by atoms with Crippen LogP contribution in [0.25, 0.3) is 0 Å². The monoisotopic (exact) mass is 287 g/mol. The fourth-order valence-corrected chi connectivity index (χ4v) is 2.60. The number of unbranched alkanes of at least 4 members (excludes halogenated alkanes) is 1. The van der Waals surface area contributed by atoms with Crippen LogP contribution in [-0.4, -0.2) is 28.7 Å². The van der Waals surface area contributed by atoms with Crippen LogP contribution >= 0.6 is 0 Å². The summed E-state index contributed by atoms with van der Waals surface area (Å²) < 4.78 is 33.3. The van der Waals surface area contributed by atoms with E-state index in [1.54, 1.807) is 20.1 Å². The SMILES string of the molecule is COCCCCOc1ccc(S(N)(=O)=O)c(C)c1C.